The summed E-state index contributed by atoms with van der Waals surface area (Å²) in [5.74, 6) is 1.54. The number of nitrogens with zero attached hydrogens (tertiary/aromatic N) is 2. The molecule has 5 nitrogen and oxygen atoms in total. The number of aromatic nitrogens is 2. The summed E-state index contributed by atoms with van der Waals surface area (Å²) in [4.78, 5) is 16.4. The van der Waals surface area contributed by atoms with Crippen LogP contribution in [0.25, 0.3) is 0 Å². The van der Waals surface area contributed by atoms with Gasteiger partial charge >= 0.3 is 0 Å². The molecule has 3 aromatic rings. The van der Waals surface area contributed by atoms with Gasteiger partial charge in [-0.05, 0) is 42.7 Å². The van der Waals surface area contributed by atoms with E-state index in [4.69, 9.17) is 4.74 Å². The lowest BCUT2D eigenvalue weighted by molar-refractivity contribution is -0.123. The molecule has 3 rings (SSSR count). The molecule has 1 aromatic heterocycles. The third-order valence-corrected chi connectivity index (χ3v) is 4.52. The number of benzene rings is 2. The van der Waals surface area contributed by atoms with Gasteiger partial charge in [-0.2, -0.15) is 0 Å². The van der Waals surface area contributed by atoms with Gasteiger partial charge in [0.15, 0.2) is 6.61 Å². The minimum absolute atomic E-state index is 0.0148. The predicted molar refractivity (Wildman–Crippen MR) is 106 cm³/mol. The first-order chi connectivity index (χ1) is 13.1. The molecule has 0 saturated heterocycles. The molecule has 0 spiro atoms. The number of aryl methyl sites for hydroxylation is 2. The maximum atomic E-state index is 12.0. The Morgan fingerprint density at radius 2 is 1.93 bits per heavy atom. The summed E-state index contributed by atoms with van der Waals surface area (Å²) in [5.41, 5.74) is 3.58. The van der Waals surface area contributed by atoms with Crippen molar-refractivity contribution in [1.29, 1.82) is 0 Å². The Kier molecular flexibility index (Phi) is 6.26. The fourth-order valence-corrected chi connectivity index (χ4v) is 2.81. The van der Waals surface area contributed by atoms with Crippen LogP contribution in [-0.2, 0) is 17.8 Å². The van der Waals surface area contributed by atoms with Crippen molar-refractivity contribution >= 4 is 5.91 Å². The minimum atomic E-state index is -0.130. The van der Waals surface area contributed by atoms with Gasteiger partial charge in [-0.1, -0.05) is 36.4 Å². The number of hydrogen-bond acceptors (Lipinski definition) is 3. The molecule has 1 amide bonds. The number of amides is 1. The standard InChI is InChI=1S/C22H25N3O2/c1-17-8-9-20(14-18(17)2)27-16-22(26)24-11-10-21-23-12-13-25(21)15-19-6-4-3-5-7-19/h3-9,12-14H,10-11,15-16H2,1-2H3,(H,24,26). The molecule has 0 aliphatic heterocycles. The summed E-state index contributed by atoms with van der Waals surface area (Å²) < 4.78 is 7.67. The van der Waals surface area contributed by atoms with Gasteiger partial charge < -0.3 is 14.6 Å². The van der Waals surface area contributed by atoms with Crippen molar-refractivity contribution in [2.45, 2.75) is 26.8 Å². The van der Waals surface area contributed by atoms with Gasteiger partial charge in [-0.3, -0.25) is 4.79 Å². The lowest BCUT2D eigenvalue weighted by Crippen LogP contribution is -2.31. The van der Waals surface area contributed by atoms with Crippen molar-refractivity contribution in [3.63, 3.8) is 0 Å². The number of ether oxygens (including phenoxy) is 1. The van der Waals surface area contributed by atoms with Crippen LogP contribution in [0, 0.1) is 13.8 Å². The Bertz CT molecular complexity index is 888. The summed E-state index contributed by atoms with van der Waals surface area (Å²) in [7, 11) is 0. The van der Waals surface area contributed by atoms with Crippen molar-refractivity contribution in [2.24, 2.45) is 0 Å². The van der Waals surface area contributed by atoms with E-state index in [0.717, 1.165) is 17.9 Å². The molecule has 1 N–H and O–H groups in total. The van der Waals surface area contributed by atoms with E-state index >= 15 is 0 Å². The molecular weight excluding hydrogens is 338 g/mol. The van der Waals surface area contributed by atoms with E-state index in [1.807, 2.05) is 56.4 Å². The van der Waals surface area contributed by atoms with E-state index < -0.39 is 0 Å². The van der Waals surface area contributed by atoms with E-state index in [9.17, 15) is 4.79 Å². The fourth-order valence-electron chi connectivity index (χ4n) is 2.81. The van der Waals surface area contributed by atoms with E-state index in [2.05, 4.69) is 27.0 Å². The van der Waals surface area contributed by atoms with E-state index in [1.54, 1.807) is 6.20 Å². The van der Waals surface area contributed by atoms with Crippen molar-refractivity contribution in [1.82, 2.24) is 14.9 Å². The second-order valence-corrected chi connectivity index (χ2v) is 6.59. The molecule has 5 heteroatoms. The molecule has 2 aromatic carbocycles. The van der Waals surface area contributed by atoms with Crippen LogP contribution in [0.3, 0.4) is 0 Å². The summed E-state index contributed by atoms with van der Waals surface area (Å²) in [6.07, 6.45) is 4.44. The van der Waals surface area contributed by atoms with Crippen LogP contribution in [0.5, 0.6) is 5.75 Å². The molecule has 0 fully saturated rings. The first-order valence-electron chi connectivity index (χ1n) is 9.12. The molecule has 1 heterocycles. The number of hydrogen-bond donors (Lipinski definition) is 1. The van der Waals surface area contributed by atoms with Crippen molar-refractivity contribution in [3.05, 3.63) is 83.4 Å². The average molecular weight is 363 g/mol. The molecular formula is C22H25N3O2. The maximum absolute atomic E-state index is 12.0. The Morgan fingerprint density at radius 3 is 2.70 bits per heavy atom. The van der Waals surface area contributed by atoms with Gasteiger partial charge in [0.1, 0.15) is 11.6 Å². The van der Waals surface area contributed by atoms with Gasteiger partial charge in [0, 0.05) is 31.9 Å². The highest BCUT2D eigenvalue weighted by atomic mass is 16.5. The normalized spacial score (nSPS) is 10.6. The topological polar surface area (TPSA) is 56.1 Å². The quantitative estimate of drug-likeness (QED) is 0.668. The SMILES string of the molecule is Cc1ccc(OCC(=O)NCCc2nccn2Cc2ccccc2)cc1C. The zero-order chi connectivity index (χ0) is 19.1. The number of carbonyl (C=O) groups excluding carboxylic acids is 1. The lowest BCUT2D eigenvalue weighted by Gasteiger charge is -2.10. The van der Waals surface area contributed by atoms with Crippen LogP contribution >= 0.6 is 0 Å². The summed E-state index contributed by atoms with van der Waals surface area (Å²) in [6.45, 7) is 5.40. The first-order valence-corrected chi connectivity index (χ1v) is 9.12. The molecule has 0 aliphatic rings. The Labute approximate surface area is 160 Å². The van der Waals surface area contributed by atoms with Crippen LogP contribution in [0.15, 0.2) is 60.9 Å². The Balaban J connectivity index is 1.44. The van der Waals surface area contributed by atoms with E-state index in [1.165, 1.54) is 11.1 Å². The van der Waals surface area contributed by atoms with Crippen LogP contribution in [0.2, 0.25) is 0 Å². The summed E-state index contributed by atoms with van der Waals surface area (Å²) in [5, 5.41) is 2.89. The van der Waals surface area contributed by atoms with Gasteiger partial charge in [0.2, 0.25) is 0 Å². The third kappa shape index (κ3) is 5.45. The van der Waals surface area contributed by atoms with Crippen LogP contribution in [0.4, 0.5) is 0 Å². The van der Waals surface area contributed by atoms with Crippen molar-refractivity contribution in [2.75, 3.05) is 13.2 Å². The van der Waals surface area contributed by atoms with E-state index in [-0.39, 0.29) is 12.5 Å². The van der Waals surface area contributed by atoms with Crippen LogP contribution in [-0.4, -0.2) is 28.6 Å². The van der Waals surface area contributed by atoms with Gasteiger partial charge in [0.25, 0.3) is 5.91 Å². The number of rotatable bonds is 8. The average Bonchev–Trinajstić information content (AvgIpc) is 3.10. The maximum Gasteiger partial charge on any atom is 0.257 e. The zero-order valence-corrected chi connectivity index (χ0v) is 15.8. The Morgan fingerprint density at radius 1 is 1.11 bits per heavy atom. The molecule has 0 radical (unpaired) electrons. The minimum Gasteiger partial charge on any atom is -0.484 e. The monoisotopic (exact) mass is 363 g/mol. The van der Waals surface area contributed by atoms with E-state index in [0.29, 0.717) is 18.7 Å². The lowest BCUT2D eigenvalue weighted by atomic mass is 10.1. The predicted octanol–water partition coefficient (Wildman–Crippen LogP) is 3.29. The zero-order valence-electron chi connectivity index (χ0n) is 15.8. The molecule has 27 heavy (non-hydrogen) atoms. The summed E-state index contributed by atoms with van der Waals surface area (Å²) in [6, 6.07) is 16.1. The molecule has 140 valence electrons. The second kappa shape index (κ2) is 9.03. The fraction of sp³-hybridized carbons (Fsp3) is 0.273. The largest absolute Gasteiger partial charge is 0.484 e. The Hall–Kier alpha value is -3.08. The number of carbonyl (C=O) groups is 1. The van der Waals surface area contributed by atoms with Crippen molar-refractivity contribution in [3.8, 4) is 5.75 Å². The second-order valence-electron chi connectivity index (χ2n) is 6.59. The third-order valence-electron chi connectivity index (χ3n) is 4.52. The van der Waals surface area contributed by atoms with Gasteiger partial charge in [-0.25, -0.2) is 4.98 Å². The van der Waals surface area contributed by atoms with Crippen LogP contribution < -0.4 is 10.1 Å². The molecule has 0 atom stereocenters. The summed E-state index contributed by atoms with van der Waals surface area (Å²) >= 11 is 0. The number of imidazole rings is 1. The van der Waals surface area contributed by atoms with Gasteiger partial charge in [-0.15, -0.1) is 0 Å². The van der Waals surface area contributed by atoms with Gasteiger partial charge in [0.05, 0.1) is 0 Å². The highest BCUT2D eigenvalue weighted by Crippen LogP contribution is 2.16. The smallest absolute Gasteiger partial charge is 0.257 e. The molecule has 0 saturated carbocycles. The van der Waals surface area contributed by atoms with Crippen LogP contribution in [0.1, 0.15) is 22.5 Å². The highest BCUT2D eigenvalue weighted by molar-refractivity contribution is 5.77. The molecule has 0 bridgehead atoms. The highest BCUT2D eigenvalue weighted by Gasteiger charge is 2.07. The molecule has 0 aliphatic carbocycles. The molecule has 0 unspecified atom stereocenters. The van der Waals surface area contributed by atoms with Crippen molar-refractivity contribution < 1.29 is 9.53 Å². The first kappa shape index (κ1) is 18.7. The number of nitrogens with one attached hydrogen (secondary N) is 1.